The molecule has 0 unspecified atom stereocenters. The van der Waals surface area contributed by atoms with Crippen molar-refractivity contribution in [3.8, 4) is 5.75 Å². The minimum atomic E-state index is -0.285. The second-order valence-electron chi connectivity index (χ2n) is 4.12. The van der Waals surface area contributed by atoms with Crippen LogP contribution < -0.4 is 10.5 Å². The van der Waals surface area contributed by atoms with E-state index in [0.29, 0.717) is 17.9 Å². The zero-order chi connectivity index (χ0) is 12.1. The van der Waals surface area contributed by atoms with Gasteiger partial charge in [0.2, 0.25) is 0 Å². The van der Waals surface area contributed by atoms with Gasteiger partial charge < -0.3 is 15.4 Å². The zero-order valence-corrected chi connectivity index (χ0v) is 10.0. The molecule has 3 nitrogen and oxygen atoms in total. The Kier molecular flexibility index (Phi) is 4.71. The van der Waals surface area contributed by atoms with Crippen LogP contribution in [0.2, 0.25) is 0 Å². The molecule has 90 valence electrons. The number of ether oxygens (including phenoxy) is 1. The second kappa shape index (κ2) is 5.82. The molecule has 0 amide bonds. The van der Waals surface area contributed by atoms with Crippen LogP contribution in [0.25, 0.3) is 0 Å². The molecule has 1 aromatic carbocycles. The molecule has 0 aliphatic carbocycles. The molecule has 2 N–H and O–H groups in total. The highest BCUT2D eigenvalue weighted by molar-refractivity contribution is 5.36. The first-order chi connectivity index (χ1) is 7.50. The average Bonchev–Trinajstić information content (AvgIpc) is 2.19. The van der Waals surface area contributed by atoms with Crippen molar-refractivity contribution in [3.05, 3.63) is 29.6 Å². The smallest absolute Gasteiger partial charge is 0.124 e. The summed E-state index contributed by atoms with van der Waals surface area (Å²) in [6, 6.07) is 4.21. The van der Waals surface area contributed by atoms with Crippen molar-refractivity contribution < 1.29 is 9.13 Å². The van der Waals surface area contributed by atoms with Gasteiger partial charge in [0.05, 0.1) is 0 Å². The Bertz CT molecular complexity index is 340. The van der Waals surface area contributed by atoms with Gasteiger partial charge in [-0.25, -0.2) is 4.39 Å². The third-order valence-corrected chi connectivity index (χ3v) is 2.26. The fourth-order valence-electron chi connectivity index (χ4n) is 1.34. The van der Waals surface area contributed by atoms with Gasteiger partial charge in [-0.15, -0.1) is 0 Å². The molecule has 0 saturated carbocycles. The minimum absolute atomic E-state index is 0.231. The van der Waals surface area contributed by atoms with E-state index in [2.05, 4.69) is 0 Å². The van der Waals surface area contributed by atoms with Crippen LogP contribution in [0.1, 0.15) is 18.5 Å². The first kappa shape index (κ1) is 12.9. The number of hydrogen-bond donors (Lipinski definition) is 1. The highest BCUT2D eigenvalue weighted by Crippen LogP contribution is 2.24. The molecule has 4 heteroatoms. The first-order valence-corrected chi connectivity index (χ1v) is 5.33. The largest absolute Gasteiger partial charge is 0.492 e. The van der Waals surface area contributed by atoms with E-state index < -0.39 is 0 Å². The van der Waals surface area contributed by atoms with Gasteiger partial charge in [-0.2, -0.15) is 0 Å². The van der Waals surface area contributed by atoms with E-state index in [-0.39, 0.29) is 11.9 Å². The van der Waals surface area contributed by atoms with Crippen LogP contribution in [0.3, 0.4) is 0 Å². The predicted molar refractivity (Wildman–Crippen MR) is 63.1 cm³/mol. The van der Waals surface area contributed by atoms with Crippen molar-refractivity contribution in [2.75, 3.05) is 27.2 Å². The van der Waals surface area contributed by atoms with Crippen molar-refractivity contribution >= 4 is 0 Å². The predicted octanol–water partition coefficient (Wildman–Crippen LogP) is 1.79. The summed E-state index contributed by atoms with van der Waals surface area (Å²) in [6.45, 7) is 3.20. The van der Waals surface area contributed by atoms with Crippen molar-refractivity contribution in [2.45, 2.75) is 13.0 Å². The normalized spacial score (nSPS) is 12.9. The first-order valence-electron chi connectivity index (χ1n) is 5.33. The zero-order valence-electron chi connectivity index (χ0n) is 10.0. The number of nitrogens with zero attached hydrogens (tertiary/aromatic N) is 1. The Morgan fingerprint density at radius 1 is 1.44 bits per heavy atom. The Labute approximate surface area is 96.0 Å². The summed E-state index contributed by atoms with van der Waals surface area (Å²) in [5, 5.41) is 0. The summed E-state index contributed by atoms with van der Waals surface area (Å²) in [6.07, 6.45) is 0. The molecule has 0 radical (unpaired) electrons. The molecule has 1 atom stereocenters. The molecule has 0 heterocycles. The number of likely N-dealkylation sites (N-methyl/N-ethyl adjacent to an activating group) is 1. The molecule has 0 fully saturated rings. The summed E-state index contributed by atoms with van der Waals surface area (Å²) >= 11 is 0. The Morgan fingerprint density at radius 2 is 2.12 bits per heavy atom. The third-order valence-electron chi connectivity index (χ3n) is 2.26. The maximum Gasteiger partial charge on any atom is 0.124 e. The van der Waals surface area contributed by atoms with Gasteiger partial charge in [-0.1, -0.05) is 0 Å². The van der Waals surface area contributed by atoms with Crippen LogP contribution in [0.4, 0.5) is 4.39 Å². The van der Waals surface area contributed by atoms with Crippen molar-refractivity contribution in [3.63, 3.8) is 0 Å². The van der Waals surface area contributed by atoms with E-state index in [0.717, 1.165) is 6.54 Å². The standard InChI is InChI=1S/C12H19FN2O/c1-9(14)11-8-10(13)4-5-12(11)16-7-6-15(2)3/h4-5,8-9H,6-7,14H2,1-3H3/t9-/m1/s1. The molecular formula is C12H19FN2O. The lowest BCUT2D eigenvalue weighted by molar-refractivity contribution is 0.258. The molecule has 0 saturated heterocycles. The molecule has 16 heavy (non-hydrogen) atoms. The minimum Gasteiger partial charge on any atom is -0.492 e. The van der Waals surface area contributed by atoms with E-state index in [4.69, 9.17) is 10.5 Å². The van der Waals surface area contributed by atoms with Gasteiger partial charge in [0, 0.05) is 18.2 Å². The Balaban J connectivity index is 2.71. The quantitative estimate of drug-likeness (QED) is 0.831. The summed E-state index contributed by atoms with van der Waals surface area (Å²) < 4.78 is 18.6. The van der Waals surface area contributed by atoms with E-state index in [9.17, 15) is 4.39 Å². The number of nitrogens with two attached hydrogens (primary N) is 1. The van der Waals surface area contributed by atoms with Crippen molar-refractivity contribution in [1.29, 1.82) is 0 Å². The lowest BCUT2D eigenvalue weighted by Gasteiger charge is -2.15. The molecule has 1 rings (SSSR count). The van der Waals surface area contributed by atoms with Crippen LogP contribution in [0.5, 0.6) is 5.75 Å². The van der Waals surface area contributed by atoms with Crippen LogP contribution in [0, 0.1) is 5.82 Å². The number of rotatable bonds is 5. The van der Waals surface area contributed by atoms with E-state index in [1.165, 1.54) is 12.1 Å². The van der Waals surface area contributed by atoms with Crippen LogP contribution in [-0.2, 0) is 0 Å². The molecule has 0 spiro atoms. The van der Waals surface area contributed by atoms with E-state index >= 15 is 0 Å². The monoisotopic (exact) mass is 226 g/mol. The maximum absolute atomic E-state index is 13.0. The molecule has 0 bridgehead atoms. The van der Waals surface area contributed by atoms with E-state index in [1.54, 1.807) is 6.07 Å². The molecular weight excluding hydrogens is 207 g/mol. The van der Waals surface area contributed by atoms with Gasteiger partial charge in [-0.3, -0.25) is 0 Å². The molecule has 1 aromatic rings. The van der Waals surface area contributed by atoms with Crippen molar-refractivity contribution in [2.24, 2.45) is 5.73 Å². The molecule has 0 aliphatic rings. The van der Waals surface area contributed by atoms with Crippen LogP contribution >= 0.6 is 0 Å². The fourth-order valence-corrected chi connectivity index (χ4v) is 1.34. The summed E-state index contributed by atoms with van der Waals surface area (Å²) in [5.41, 5.74) is 6.47. The number of hydrogen-bond acceptors (Lipinski definition) is 3. The maximum atomic E-state index is 13.0. The molecule has 0 aromatic heterocycles. The van der Waals surface area contributed by atoms with Gasteiger partial charge in [0.15, 0.2) is 0 Å². The summed E-state index contributed by atoms with van der Waals surface area (Å²) in [4.78, 5) is 2.02. The molecule has 0 aliphatic heterocycles. The highest BCUT2D eigenvalue weighted by Gasteiger charge is 2.09. The van der Waals surface area contributed by atoms with Gasteiger partial charge in [0.25, 0.3) is 0 Å². The van der Waals surface area contributed by atoms with Crippen molar-refractivity contribution in [1.82, 2.24) is 4.90 Å². The lowest BCUT2D eigenvalue weighted by Crippen LogP contribution is -2.20. The van der Waals surface area contributed by atoms with Gasteiger partial charge >= 0.3 is 0 Å². The number of benzene rings is 1. The summed E-state index contributed by atoms with van der Waals surface area (Å²) in [5.74, 6) is 0.380. The SMILES string of the molecule is C[C@@H](N)c1cc(F)ccc1OCCN(C)C. The lowest BCUT2D eigenvalue weighted by atomic mass is 10.1. The second-order valence-corrected chi connectivity index (χ2v) is 4.12. The Hall–Kier alpha value is -1.13. The van der Waals surface area contributed by atoms with Crippen LogP contribution in [-0.4, -0.2) is 32.1 Å². The third kappa shape index (κ3) is 3.79. The summed E-state index contributed by atoms with van der Waals surface area (Å²) in [7, 11) is 3.95. The average molecular weight is 226 g/mol. The van der Waals surface area contributed by atoms with E-state index in [1.807, 2.05) is 25.9 Å². The fraction of sp³-hybridized carbons (Fsp3) is 0.500. The van der Waals surface area contributed by atoms with Gasteiger partial charge in [-0.05, 0) is 39.2 Å². The van der Waals surface area contributed by atoms with Gasteiger partial charge in [0.1, 0.15) is 18.2 Å². The van der Waals surface area contributed by atoms with Crippen LogP contribution in [0.15, 0.2) is 18.2 Å². The Morgan fingerprint density at radius 3 is 2.69 bits per heavy atom. The topological polar surface area (TPSA) is 38.5 Å². The number of halogens is 1. The highest BCUT2D eigenvalue weighted by atomic mass is 19.1.